The third kappa shape index (κ3) is 3.28. The van der Waals surface area contributed by atoms with E-state index in [0.29, 0.717) is 11.3 Å². The van der Waals surface area contributed by atoms with E-state index < -0.39 is 0 Å². The molecule has 0 spiro atoms. The molecule has 1 aliphatic rings. The van der Waals surface area contributed by atoms with Crippen molar-refractivity contribution >= 4 is 15.9 Å². The summed E-state index contributed by atoms with van der Waals surface area (Å²) in [7, 11) is 0. The Morgan fingerprint density at radius 3 is 2.70 bits per heavy atom. The average molecular weight is 342 g/mol. The van der Waals surface area contributed by atoms with E-state index >= 15 is 0 Å². The maximum Gasteiger partial charge on any atom is 0.0635 e. The van der Waals surface area contributed by atoms with Crippen molar-refractivity contribution in [3.05, 3.63) is 16.4 Å². The lowest BCUT2D eigenvalue weighted by Crippen LogP contribution is -2.39. The van der Waals surface area contributed by atoms with Crippen molar-refractivity contribution < 1.29 is 0 Å². The topological polar surface area (TPSA) is 43.8 Å². The van der Waals surface area contributed by atoms with Crippen LogP contribution < -0.4 is 5.73 Å². The summed E-state index contributed by atoms with van der Waals surface area (Å²) in [6.45, 7) is 10.2. The summed E-state index contributed by atoms with van der Waals surface area (Å²) in [6.07, 6.45) is 6.58. The molecule has 0 aromatic carbocycles. The first-order valence-corrected chi connectivity index (χ1v) is 8.60. The third-order valence-corrected chi connectivity index (χ3v) is 5.36. The van der Waals surface area contributed by atoms with Crippen LogP contribution in [0.3, 0.4) is 0 Å². The summed E-state index contributed by atoms with van der Waals surface area (Å²) in [6, 6.07) is 0.261. The smallest absolute Gasteiger partial charge is 0.0635 e. The molecule has 114 valence electrons. The van der Waals surface area contributed by atoms with E-state index in [9.17, 15) is 0 Å². The van der Waals surface area contributed by atoms with Gasteiger partial charge < -0.3 is 5.73 Å². The van der Waals surface area contributed by atoms with Gasteiger partial charge in [0.15, 0.2) is 0 Å². The molecule has 3 nitrogen and oxygen atoms in total. The summed E-state index contributed by atoms with van der Waals surface area (Å²) < 4.78 is 3.28. The Morgan fingerprint density at radius 2 is 2.10 bits per heavy atom. The van der Waals surface area contributed by atoms with Gasteiger partial charge in [-0.1, -0.05) is 27.7 Å². The Bertz CT molecular complexity index is 447. The minimum atomic E-state index is 0.261. The van der Waals surface area contributed by atoms with Crippen LogP contribution in [-0.4, -0.2) is 15.8 Å². The van der Waals surface area contributed by atoms with E-state index in [0.717, 1.165) is 29.8 Å². The predicted octanol–water partition coefficient (Wildman–Crippen LogP) is 4.31. The van der Waals surface area contributed by atoms with Gasteiger partial charge in [0.1, 0.15) is 0 Å². The van der Waals surface area contributed by atoms with Crippen molar-refractivity contribution in [2.75, 3.05) is 0 Å². The van der Waals surface area contributed by atoms with Gasteiger partial charge in [0.2, 0.25) is 0 Å². The number of aryl methyl sites for hydroxylation is 1. The highest BCUT2D eigenvalue weighted by atomic mass is 79.9. The fourth-order valence-corrected chi connectivity index (χ4v) is 4.02. The summed E-state index contributed by atoms with van der Waals surface area (Å²) in [5, 5.41) is 4.52. The van der Waals surface area contributed by atoms with Crippen LogP contribution in [0.25, 0.3) is 0 Å². The molecule has 0 amide bonds. The fourth-order valence-electron chi connectivity index (χ4n) is 3.43. The van der Waals surface area contributed by atoms with E-state index in [4.69, 9.17) is 5.73 Å². The molecule has 3 unspecified atom stereocenters. The first-order valence-electron chi connectivity index (χ1n) is 7.81. The van der Waals surface area contributed by atoms with Crippen molar-refractivity contribution in [3.8, 4) is 0 Å². The summed E-state index contributed by atoms with van der Waals surface area (Å²) in [5.74, 6) is 1.17. The lowest BCUT2D eigenvalue weighted by Gasteiger charge is -2.41. The highest BCUT2D eigenvalue weighted by Gasteiger charge is 2.37. The second-order valence-electron chi connectivity index (χ2n) is 7.25. The zero-order valence-electron chi connectivity index (χ0n) is 13.2. The maximum absolute atomic E-state index is 6.45. The van der Waals surface area contributed by atoms with Crippen LogP contribution >= 0.6 is 15.9 Å². The van der Waals surface area contributed by atoms with Crippen LogP contribution in [0.15, 0.2) is 10.7 Å². The van der Waals surface area contributed by atoms with Crippen LogP contribution in [0.4, 0.5) is 0 Å². The van der Waals surface area contributed by atoms with Crippen LogP contribution in [0.2, 0.25) is 0 Å². The Labute approximate surface area is 131 Å². The SMILES string of the molecule is CCCn1ncc(Br)c1C1CC(C(C)(C)C)CCC1N. The molecule has 2 N–H and O–H groups in total. The van der Waals surface area contributed by atoms with Crippen molar-refractivity contribution in [2.24, 2.45) is 17.1 Å². The molecule has 1 saturated carbocycles. The van der Waals surface area contributed by atoms with Crippen molar-refractivity contribution in [3.63, 3.8) is 0 Å². The third-order valence-electron chi connectivity index (χ3n) is 4.75. The zero-order chi connectivity index (χ0) is 14.9. The first kappa shape index (κ1) is 16.0. The summed E-state index contributed by atoms with van der Waals surface area (Å²) in [5.41, 5.74) is 8.12. The summed E-state index contributed by atoms with van der Waals surface area (Å²) in [4.78, 5) is 0. The molecular weight excluding hydrogens is 314 g/mol. The lowest BCUT2D eigenvalue weighted by molar-refractivity contribution is 0.150. The standard InChI is InChI=1S/C16H28BrN3/c1-5-8-20-15(13(17)10-19-20)12-9-11(16(2,3)4)6-7-14(12)18/h10-12,14H,5-9,18H2,1-4H3. The quantitative estimate of drug-likeness (QED) is 0.889. The van der Waals surface area contributed by atoms with Crippen LogP contribution in [0.5, 0.6) is 0 Å². The Morgan fingerprint density at radius 1 is 1.40 bits per heavy atom. The Kier molecular flexibility index (Phi) is 4.96. The lowest BCUT2D eigenvalue weighted by atomic mass is 9.67. The highest BCUT2D eigenvalue weighted by molar-refractivity contribution is 9.10. The summed E-state index contributed by atoms with van der Waals surface area (Å²) >= 11 is 3.68. The van der Waals surface area contributed by atoms with Crippen LogP contribution in [-0.2, 0) is 6.54 Å². The Hall–Kier alpha value is -0.350. The molecule has 0 bridgehead atoms. The average Bonchev–Trinajstić information content (AvgIpc) is 2.70. The van der Waals surface area contributed by atoms with Gasteiger partial charge >= 0.3 is 0 Å². The number of aromatic nitrogens is 2. The molecule has 20 heavy (non-hydrogen) atoms. The van der Waals surface area contributed by atoms with Crippen LogP contribution in [0, 0.1) is 11.3 Å². The van der Waals surface area contributed by atoms with E-state index in [1.807, 2.05) is 6.20 Å². The largest absolute Gasteiger partial charge is 0.327 e. The minimum Gasteiger partial charge on any atom is -0.327 e. The fraction of sp³-hybridized carbons (Fsp3) is 0.812. The number of hydrogen-bond acceptors (Lipinski definition) is 2. The zero-order valence-corrected chi connectivity index (χ0v) is 14.8. The Balaban J connectivity index is 2.27. The number of nitrogens with zero attached hydrogens (tertiary/aromatic N) is 2. The van der Waals surface area contributed by atoms with Gasteiger partial charge in [-0.3, -0.25) is 4.68 Å². The number of rotatable bonds is 3. The number of nitrogens with two attached hydrogens (primary N) is 1. The monoisotopic (exact) mass is 341 g/mol. The molecular formula is C16H28BrN3. The van der Waals surface area contributed by atoms with Crippen molar-refractivity contribution in [1.29, 1.82) is 0 Å². The minimum absolute atomic E-state index is 0.261. The van der Waals surface area contributed by atoms with Gasteiger partial charge in [-0.15, -0.1) is 0 Å². The maximum atomic E-state index is 6.45. The molecule has 0 aliphatic heterocycles. The molecule has 1 aromatic heterocycles. The van der Waals surface area contributed by atoms with Gasteiger partial charge in [-0.25, -0.2) is 0 Å². The van der Waals surface area contributed by atoms with Crippen molar-refractivity contribution in [2.45, 2.75) is 71.9 Å². The van der Waals surface area contributed by atoms with Gasteiger partial charge in [0.25, 0.3) is 0 Å². The highest BCUT2D eigenvalue weighted by Crippen LogP contribution is 2.44. The van der Waals surface area contributed by atoms with E-state index in [1.165, 1.54) is 18.5 Å². The predicted molar refractivity (Wildman–Crippen MR) is 87.7 cm³/mol. The van der Waals surface area contributed by atoms with Crippen LogP contribution in [0.1, 0.15) is 65.0 Å². The molecule has 0 radical (unpaired) electrons. The number of hydrogen-bond donors (Lipinski definition) is 1. The van der Waals surface area contributed by atoms with Gasteiger partial charge in [0.05, 0.1) is 16.4 Å². The first-order chi connectivity index (χ1) is 9.34. The molecule has 3 atom stereocenters. The van der Waals surface area contributed by atoms with E-state index in [-0.39, 0.29) is 6.04 Å². The van der Waals surface area contributed by atoms with Gasteiger partial charge in [-0.2, -0.15) is 5.10 Å². The van der Waals surface area contributed by atoms with E-state index in [1.54, 1.807) is 0 Å². The molecule has 4 heteroatoms. The van der Waals surface area contributed by atoms with E-state index in [2.05, 4.69) is 53.4 Å². The second-order valence-corrected chi connectivity index (χ2v) is 8.10. The van der Waals surface area contributed by atoms with Gasteiger partial charge in [0, 0.05) is 18.5 Å². The molecule has 2 rings (SSSR count). The molecule has 1 fully saturated rings. The second kappa shape index (κ2) is 6.18. The molecule has 1 aromatic rings. The number of halogens is 1. The van der Waals surface area contributed by atoms with Crippen molar-refractivity contribution in [1.82, 2.24) is 9.78 Å². The normalized spacial score (nSPS) is 27.8. The molecule has 1 aliphatic carbocycles. The van der Waals surface area contributed by atoms with Gasteiger partial charge in [-0.05, 0) is 52.9 Å². The molecule has 1 heterocycles. The molecule has 0 saturated heterocycles.